The number of halogens is 1. The second kappa shape index (κ2) is 8.90. The molecule has 1 aromatic carbocycles. The molecule has 0 unspecified atom stereocenters. The normalized spacial score (nSPS) is 12.1. The predicted octanol–water partition coefficient (Wildman–Crippen LogP) is 5.25. The third-order valence-electron chi connectivity index (χ3n) is 4.74. The molecule has 0 saturated heterocycles. The molecule has 3 rings (SSSR count). The van der Waals surface area contributed by atoms with Gasteiger partial charge in [0.05, 0.1) is 9.10 Å². The van der Waals surface area contributed by atoms with E-state index in [1.165, 1.54) is 16.7 Å². The Bertz CT molecular complexity index is 1220. The molecule has 0 bridgehead atoms. The number of imidazole rings is 1. The first-order valence-corrected chi connectivity index (χ1v) is 13.1. The van der Waals surface area contributed by atoms with Crippen molar-refractivity contribution in [1.82, 2.24) is 9.55 Å². The van der Waals surface area contributed by atoms with Crippen LogP contribution in [0.15, 0.2) is 32.1 Å². The minimum Gasteiger partial charge on any atom is -0.261 e. The van der Waals surface area contributed by atoms with E-state index in [4.69, 9.17) is 11.6 Å². The van der Waals surface area contributed by atoms with Gasteiger partial charge in [0.25, 0.3) is 10.0 Å². The van der Waals surface area contributed by atoms with Crippen molar-refractivity contribution in [3.63, 3.8) is 0 Å². The van der Waals surface area contributed by atoms with Gasteiger partial charge in [-0.2, -0.15) is 4.98 Å². The van der Waals surface area contributed by atoms with Gasteiger partial charge in [-0.3, -0.25) is 9.29 Å². The molecule has 30 heavy (non-hydrogen) atoms. The molecule has 6 nitrogen and oxygen atoms in total. The Kier molecular flexibility index (Phi) is 6.86. The zero-order valence-electron chi connectivity index (χ0n) is 17.4. The fourth-order valence-electron chi connectivity index (χ4n) is 2.80. The summed E-state index contributed by atoms with van der Waals surface area (Å²) in [5, 5.41) is 0.357. The van der Waals surface area contributed by atoms with Gasteiger partial charge in [-0.1, -0.05) is 31.5 Å². The first-order valence-electron chi connectivity index (χ1n) is 9.45. The number of nitrogens with one attached hydrogen (secondary N) is 1. The molecule has 0 saturated carbocycles. The van der Waals surface area contributed by atoms with Crippen LogP contribution in [0, 0.1) is 26.7 Å². The van der Waals surface area contributed by atoms with Gasteiger partial charge in [0.2, 0.25) is 0 Å². The highest BCUT2D eigenvalue weighted by Crippen LogP contribution is 2.39. The summed E-state index contributed by atoms with van der Waals surface area (Å²) in [7, 11) is -3.96. The topological polar surface area (TPSA) is 81.1 Å². The smallest absolute Gasteiger partial charge is 0.261 e. The Morgan fingerprint density at radius 3 is 2.60 bits per heavy atom. The van der Waals surface area contributed by atoms with E-state index in [1.807, 2.05) is 13.8 Å². The lowest BCUT2D eigenvalue weighted by atomic mass is 10.2. The SMILES string of the molecule is Cc1ccc(S(=O)(=O)Nc2nc(=O)n3c(C)c(C)sc(SCCC(C)C)c2-3)cc1Cl. The number of hydrogen-bond acceptors (Lipinski definition) is 6. The molecule has 0 spiro atoms. The van der Waals surface area contributed by atoms with Crippen molar-refractivity contribution < 1.29 is 8.42 Å². The van der Waals surface area contributed by atoms with Crippen molar-refractivity contribution in [3.8, 4) is 5.69 Å². The Hall–Kier alpha value is -1.55. The fraction of sp³-hybridized carbons (Fsp3) is 0.400. The van der Waals surface area contributed by atoms with E-state index in [9.17, 15) is 13.2 Å². The summed E-state index contributed by atoms with van der Waals surface area (Å²) in [6.45, 7) is 9.89. The number of fused-ring (bicyclic) bond motifs is 1. The number of nitrogens with zero attached hydrogens (tertiary/aromatic N) is 2. The molecule has 0 atom stereocenters. The number of benzene rings is 1. The third kappa shape index (κ3) is 4.69. The molecule has 0 amide bonds. The van der Waals surface area contributed by atoms with Crippen molar-refractivity contribution in [3.05, 3.63) is 49.8 Å². The highest BCUT2D eigenvalue weighted by Gasteiger charge is 2.27. The summed E-state index contributed by atoms with van der Waals surface area (Å²) in [5.41, 5.74) is 1.54. The van der Waals surface area contributed by atoms with E-state index in [1.54, 1.807) is 36.1 Å². The fourth-order valence-corrected chi connectivity index (χ4v) is 6.84. The van der Waals surface area contributed by atoms with Gasteiger partial charge in [-0.15, -0.1) is 23.1 Å². The van der Waals surface area contributed by atoms with Gasteiger partial charge >= 0.3 is 5.69 Å². The molecule has 2 aliphatic heterocycles. The van der Waals surface area contributed by atoms with Crippen LogP contribution in [0.2, 0.25) is 5.02 Å². The van der Waals surface area contributed by atoms with Crippen molar-refractivity contribution in [1.29, 1.82) is 0 Å². The zero-order valence-corrected chi connectivity index (χ0v) is 20.7. The van der Waals surface area contributed by atoms with Crippen LogP contribution in [0.4, 0.5) is 5.82 Å². The summed E-state index contributed by atoms with van der Waals surface area (Å²) < 4.78 is 30.8. The lowest BCUT2D eigenvalue weighted by molar-refractivity contribution is 0.601. The van der Waals surface area contributed by atoms with Crippen molar-refractivity contribution >= 4 is 50.5 Å². The average molecular weight is 486 g/mol. The average Bonchev–Trinajstić information content (AvgIpc) is 2.96. The first-order chi connectivity index (χ1) is 14.0. The number of anilines is 1. The Labute approximate surface area is 190 Å². The molecular formula is C20H24ClN3O3S3. The van der Waals surface area contributed by atoms with Crippen LogP contribution >= 0.6 is 34.7 Å². The predicted molar refractivity (Wildman–Crippen MR) is 126 cm³/mol. The Morgan fingerprint density at radius 1 is 1.27 bits per heavy atom. The molecule has 0 fully saturated rings. The molecule has 1 aromatic rings. The third-order valence-corrected chi connectivity index (χ3v) is 8.97. The van der Waals surface area contributed by atoms with Crippen LogP contribution in [0.5, 0.6) is 0 Å². The molecular weight excluding hydrogens is 462 g/mol. The minimum absolute atomic E-state index is 0.0215. The summed E-state index contributed by atoms with van der Waals surface area (Å²) in [6, 6.07) is 4.52. The number of hydrogen-bond donors (Lipinski definition) is 1. The van der Waals surface area contributed by atoms with Crippen LogP contribution in [0.3, 0.4) is 0 Å². The molecule has 0 aliphatic carbocycles. The molecule has 162 valence electrons. The van der Waals surface area contributed by atoms with Crippen molar-refractivity contribution in [2.45, 2.75) is 50.1 Å². The van der Waals surface area contributed by atoms with Crippen LogP contribution in [-0.4, -0.2) is 23.7 Å². The highest BCUT2D eigenvalue weighted by atomic mass is 35.5. The molecule has 1 N–H and O–H groups in total. The van der Waals surface area contributed by atoms with Gasteiger partial charge in [0.1, 0.15) is 5.69 Å². The number of sulfonamides is 1. The summed E-state index contributed by atoms with van der Waals surface area (Å²) in [5.74, 6) is 1.46. The van der Waals surface area contributed by atoms with E-state index in [0.29, 0.717) is 16.6 Å². The lowest BCUT2D eigenvalue weighted by Gasteiger charge is -2.16. The quantitative estimate of drug-likeness (QED) is 0.462. The summed E-state index contributed by atoms with van der Waals surface area (Å²) in [4.78, 5) is 17.7. The number of thioether (sulfide) groups is 1. The largest absolute Gasteiger partial charge is 0.354 e. The number of aromatic nitrogens is 2. The monoisotopic (exact) mass is 485 g/mol. The second-order valence-corrected chi connectivity index (χ2v) is 12.2. The Morgan fingerprint density at radius 2 is 1.97 bits per heavy atom. The summed E-state index contributed by atoms with van der Waals surface area (Å²) in [6.07, 6.45) is 1.01. The number of aryl methyl sites for hydroxylation is 2. The highest BCUT2D eigenvalue weighted by molar-refractivity contribution is 8.01. The van der Waals surface area contributed by atoms with Gasteiger partial charge in [0, 0.05) is 15.6 Å². The maximum absolute atomic E-state index is 13.0. The standard InChI is InChI=1S/C20H24ClN3O3S3/c1-11(2)8-9-28-19-17-18(22-20(25)24(17)13(4)14(5)29-19)23-30(26,27)15-7-6-12(3)16(21)10-15/h6-7,10-11H,8-9H2,1-5H3,(H,22,23,25). The molecule has 10 heteroatoms. The van der Waals surface area contributed by atoms with Crippen molar-refractivity contribution in [2.24, 2.45) is 5.92 Å². The maximum atomic E-state index is 13.0. The van der Waals surface area contributed by atoms with Crippen LogP contribution in [0.1, 0.15) is 36.4 Å². The van der Waals surface area contributed by atoms with E-state index in [0.717, 1.165) is 32.5 Å². The second-order valence-electron chi connectivity index (χ2n) is 7.51. The summed E-state index contributed by atoms with van der Waals surface area (Å²) >= 11 is 9.27. The zero-order chi connectivity index (χ0) is 22.2. The lowest BCUT2D eigenvalue weighted by Crippen LogP contribution is -2.17. The molecule has 2 heterocycles. The minimum atomic E-state index is -3.96. The van der Waals surface area contributed by atoms with Crippen LogP contribution < -0.4 is 10.4 Å². The molecule has 0 aromatic heterocycles. The first kappa shape index (κ1) is 23.1. The van der Waals surface area contributed by atoms with Gasteiger partial charge in [-0.25, -0.2) is 13.2 Å². The Balaban J connectivity index is 2.07. The van der Waals surface area contributed by atoms with Gasteiger partial charge in [0.15, 0.2) is 5.82 Å². The van der Waals surface area contributed by atoms with E-state index >= 15 is 0 Å². The van der Waals surface area contributed by atoms with Crippen LogP contribution in [0.25, 0.3) is 5.69 Å². The van der Waals surface area contributed by atoms with E-state index in [2.05, 4.69) is 23.6 Å². The van der Waals surface area contributed by atoms with E-state index in [-0.39, 0.29) is 10.7 Å². The van der Waals surface area contributed by atoms with Crippen LogP contribution in [-0.2, 0) is 10.0 Å². The van der Waals surface area contributed by atoms with Gasteiger partial charge in [-0.05, 0) is 56.6 Å². The number of rotatable bonds is 7. The van der Waals surface area contributed by atoms with Gasteiger partial charge < -0.3 is 0 Å². The maximum Gasteiger partial charge on any atom is 0.354 e. The van der Waals surface area contributed by atoms with Crippen molar-refractivity contribution in [2.75, 3.05) is 10.5 Å². The van der Waals surface area contributed by atoms with E-state index < -0.39 is 15.7 Å². The molecule has 2 aliphatic rings. The molecule has 0 radical (unpaired) electrons.